The summed E-state index contributed by atoms with van der Waals surface area (Å²) in [5.41, 5.74) is 1.85. The van der Waals surface area contributed by atoms with E-state index in [1.165, 1.54) is 12.1 Å². The number of nitrogens with one attached hydrogen (secondary N) is 1. The molecule has 0 radical (unpaired) electrons. The predicted molar refractivity (Wildman–Crippen MR) is 112 cm³/mol. The molecule has 3 aromatic rings. The van der Waals surface area contributed by atoms with Gasteiger partial charge in [-0.15, -0.1) is 0 Å². The number of carbonyl (C=O) groups excluding carboxylic acids is 1. The van der Waals surface area contributed by atoms with Crippen molar-refractivity contribution in [2.75, 3.05) is 16.2 Å². The van der Waals surface area contributed by atoms with E-state index in [1.807, 2.05) is 6.92 Å². The van der Waals surface area contributed by atoms with Crippen molar-refractivity contribution >= 4 is 38.9 Å². The fourth-order valence-electron chi connectivity index (χ4n) is 2.64. The first-order valence-corrected chi connectivity index (χ1v) is 10.4. The van der Waals surface area contributed by atoms with E-state index in [1.54, 1.807) is 66.7 Å². The van der Waals surface area contributed by atoms with E-state index in [2.05, 4.69) is 5.32 Å². The zero-order valence-corrected chi connectivity index (χ0v) is 16.7. The number of hydrogen-bond acceptors (Lipinski definition) is 3. The zero-order valence-electron chi connectivity index (χ0n) is 15.2. The summed E-state index contributed by atoms with van der Waals surface area (Å²) in [4.78, 5) is 12.7. The first-order chi connectivity index (χ1) is 13.4. The summed E-state index contributed by atoms with van der Waals surface area (Å²) in [6.45, 7) is 1.51. The normalized spacial score (nSPS) is 11.1. The predicted octanol–water partition coefficient (Wildman–Crippen LogP) is 4.48. The van der Waals surface area contributed by atoms with E-state index in [0.717, 1.165) is 9.87 Å². The maximum absolute atomic E-state index is 13.2. The van der Waals surface area contributed by atoms with Gasteiger partial charge < -0.3 is 5.32 Å². The highest BCUT2D eigenvalue weighted by Crippen LogP contribution is 2.24. The largest absolute Gasteiger partial charge is 0.324 e. The molecule has 0 aliphatic rings. The maximum Gasteiger partial charge on any atom is 0.264 e. The Morgan fingerprint density at radius 3 is 2.29 bits per heavy atom. The molecular formula is C21H19ClN2O3S. The van der Waals surface area contributed by atoms with Gasteiger partial charge in [0.05, 0.1) is 10.6 Å². The van der Waals surface area contributed by atoms with Crippen LogP contribution in [0.5, 0.6) is 0 Å². The third-order valence-corrected chi connectivity index (χ3v) is 6.07. The molecule has 1 N–H and O–H groups in total. The number of aryl methyl sites for hydroxylation is 1. The van der Waals surface area contributed by atoms with Crippen molar-refractivity contribution in [3.63, 3.8) is 0 Å². The molecule has 1 amide bonds. The average Bonchev–Trinajstić information content (AvgIpc) is 2.67. The van der Waals surface area contributed by atoms with Crippen molar-refractivity contribution < 1.29 is 13.2 Å². The van der Waals surface area contributed by atoms with Gasteiger partial charge in [0.15, 0.2) is 0 Å². The zero-order chi connectivity index (χ0) is 20.1. The first-order valence-electron chi connectivity index (χ1n) is 8.56. The Morgan fingerprint density at radius 1 is 0.964 bits per heavy atom. The molecule has 0 bridgehead atoms. The van der Waals surface area contributed by atoms with E-state index >= 15 is 0 Å². The molecule has 28 heavy (non-hydrogen) atoms. The minimum Gasteiger partial charge on any atom is -0.324 e. The average molecular weight is 415 g/mol. The van der Waals surface area contributed by atoms with E-state index in [0.29, 0.717) is 16.4 Å². The molecule has 0 aliphatic heterocycles. The summed E-state index contributed by atoms with van der Waals surface area (Å²) in [5, 5.41) is 3.16. The van der Waals surface area contributed by atoms with Crippen LogP contribution in [-0.2, 0) is 14.8 Å². The van der Waals surface area contributed by atoms with E-state index in [-0.39, 0.29) is 11.4 Å². The molecule has 0 saturated heterocycles. The van der Waals surface area contributed by atoms with Gasteiger partial charge in [0.1, 0.15) is 6.54 Å². The molecule has 144 valence electrons. The Morgan fingerprint density at radius 2 is 1.64 bits per heavy atom. The van der Waals surface area contributed by atoms with Gasteiger partial charge in [0.25, 0.3) is 10.0 Å². The Balaban J connectivity index is 1.91. The highest BCUT2D eigenvalue weighted by atomic mass is 35.5. The fraction of sp³-hybridized carbons (Fsp3) is 0.0952. The summed E-state index contributed by atoms with van der Waals surface area (Å²) in [6, 6.07) is 21.7. The van der Waals surface area contributed by atoms with Crippen molar-refractivity contribution in [2.45, 2.75) is 11.8 Å². The molecule has 3 aromatic carbocycles. The smallest absolute Gasteiger partial charge is 0.264 e. The van der Waals surface area contributed by atoms with Crippen LogP contribution >= 0.6 is 11.6 Å². The van der Waals surface area contributed by atoms with Crippen molar-refractivity contribution in [1.82, 2.24) is 0 Å². The maximum atomic E-state index is 13.2. The number of hydrogen-bond donors (Lipinski definition) is 1. The van der Waals surface area contributed by atoms with Crippen molar-refractivity contribution in [3.05, 3.63) is 89.4 Å². The number of amides is 1. The van der Waals surface area contributed by atoms with Crippen molar-refractivity contribution in [1.29, 1.82) is 0 Å². The first kappa shape index (κ1) is 19.9. The third kappa shape index (κ3) is 4.71. The number of halogens is 1. The van der Waals surface area contributed by atoms with E-state index in [4.69, 9.17) is 11.6 Å². The molecule has 0 atom stereocenters. The highest BCUT2D eigenvalue weighted by Gasteiger charge is 2.27. The topological polar surface area (TPSA) is 66.5 Å². The van der Waals surface area contributed by atoms with Gasteiger partial charge in [-0.05, 0) is 49.4 Å². The Hall–Kier alpha value is -2.83. The second kappa shape index (κ2) is 8.46. The lowest BCUT2D eigenvalue weighted by atomic mass is 10.2. The molecular weight excluding hydrogens is 396 g/mol. The number of carbonyl (C=O) groups is 1. The van der Waals surface area contributed by atoms with Crippen LogP contribution in [0.2, 0.25) is 5.02 Å². The third-order valence-electron chi connectivity index (χ3n) is 4.05. The molecule has 0 saturated carbocycles. The van der Waals surface area contributed by atoms with Gasteiger partial charge in [-0.1, -0.05) is 53.6 Å². The van der Waals surface area contributed by atoms with Crippen LogP contribution in [0.1, 0.15) is 5.56 Å². The molecule has 0 heterocycles. The van der Waals surface area contributed by atoms with Crippen LogP contribution in [0, 0.1) is 6.92 Å². The SMILES string of the molecule is Cc1ccc(S(=O)(=O)N(CC(=O)Nc2cccc(Cl)c2)c2ccccc2)cc1. The van der Waals surface area contributed by atoms with Crippen LogP contribution in [-0.4, -0.2) is 20.9 Å². The Kier molecular flexibility index (Phi) is 6.02. The molecule has 0 aromatic heterocycles. The number of nitrogens with zero attached hydrogens (tertiary/aromatic N) is 1. The second-order valence-corrected chi connectivity index (χ2v) is 8.52. The van der Waals surface area contributed by atoms with E-state index < -0.39 is 15.9 Å². The summed E-state index contributed by atoms with van der Waals surface area (Å²) in [7, 11) is -3.92. The molecule has 0 aliphatic carbocycles. The fourth-order valence-corrected chi connectivity index (χ4v) is 4.26. The summed E-state index contributed by atoms with van der Waals surface area (Å²) >= 11 is 5.94. The lowest BCUT2D eigenvalue weighted by molar-refractivity contribution is -0.114. The molecule has 0 unspecified atom stereocenters. The number of sulfonamides is 1. The minimum atomic E-state index is -3.92. The quantitative estimate of drug-likeness (QED) is 0.646. The molecule has 5 nitrogen and oxygen atoms in total. The molecule has 0 fully saturated rings. The standard InChI is InChI=1S/C21H19ClN2O3S/c1-16-10-12-20(13-11-16)28(26,27)24(19-8-3-2-4-9-19)15-21(25)23-18-7-5-6-17(22)14-18/h2-14H,15H2,1H3,(H,23,25). The molecule has 7 heteroatoms. The van der Waals surface area contributed by atoms with Crippen LogP contribution in [0.25, 0.3) is 0 Å². The Bertz CT molecular complexity index is 1070. The minimum absolute atomic E-state index is 0.123. The molecule has 3 rings (SSSR count). The highest BCUT2D eigenvalue weighted by molar-refractivity contribution is 7.92. The lowest BCUT2D eigenvalue weighted by Crippen LogP contribution is -2.38. The number of rotatable bonds is 6. The lowest BCUT2D eigenvalue weighted by Gasteiger charge is -2.24. The van der Waals surface area contributed by atoms with Gasteiger partial charge in [-0.3, -0.25) is 9.10 Å². The number of anilines is 2. The van der Waals surface area contributed by atoms with Crippen LogP contribution in [0.4, 0.5) is 11.4 Å². The summed E-state index contributed by atoms with van der Waals surface area (Å²) < 4.78 is 27.5. The van der Waals surface area contributed by atoms with Crippen LogP contribution < -0.4 is 9.62 Å². The second-order valence-electron chi connectivity index (χ2n) is 6.22. The summed E-state index contributed by atoms with van der Waals surface area (Å²) in [6.07, 6.45) is 0. The van der Waals surface area contributed by atoms with E-state index in [9.17, 15) is 13.2 Å². The van der Waals surface area contributed by atoms with Crippen molar-refractivity contribution in [3.8, 4) is 0 Å². The van der Waals surface area contributed by atoms with Gasteiger partial charge in [-0.25, -0.2) is 8.42 Å². The van der Waals surface area contributed by atoms with Crippen LogP contribution in [0.3, 0.4) is 0 Å². The van der Waals surface area contributed by atoms with Gasteiger partial charge in [0, 0.05) is 10.7 Å². The van der Waals surface area contributed by atoms with Crippen LogP contribution in [0.15, 0.2) is 83.8 Å². The number of benzene rings is 3. The molecule has 0 spiro atoms. The number of para-hydroxylation sites is 1. The summed E-state index contributed by atoms with van der Waals surface area (Å²) in [5.74, 6) is -0.471. The van der Waals surface area contributed by atoms with Gasteiger partial charge in [0.2, 0.25) is 5.91 Å². The Labute approximate surface area is 169 Å². The monoisotopic (exact) mass is 414 g/mol. The van der Waals surface area contributed by atoms with Gasteiger partial charge >= 0.3 is 0 Å². The van der Waals surface area contributed by atoms with Crippen molar-refractivity contribution in [2.24, 2.45) is 0 Å². The van der Waals surface area contributed by atoms with Gasteiger partial charge in [-0.2, -0.15) is 0 Å².